The summed E-state index contributed by atoms with van der Waals surface area (Å²) in [6.07, 6.45) is 4.47. The Kier molecular flexibility index (Phi) is 6.26. The zero-order valence-corrected chi connectivity index (χ0v) is 18.2. The third-order valence-electron chi connectivity index (χ3n) is 4.80. The number of pyridine rings is 1. The van der Waals surface area contributed by atoms with E-state index in [0.29, 0.717) is 24.7 Å². The van der Waals surface area contributed by atoms with Gasteiger partial charge in [-0.1, -0.05) is 26.0 Å². The van der Waals surface area contributed by atoms with Crippen LogP contribution in [0.2, 0.25) is 0 Å². The summed E-state index contributed by atoms with van der Waals surface area (Å²) >= 11 is 0. The first-order chi connectivity index (χ1) is 13.7. The van der Waals surface area contributed by atoms with Gasteiger partial charge in [0.05, 0.1) is 0 Å². The molecule has 3 aromatic rings. The van der Waals surface area contributed by atoms with E-state index in [2.05, 4.69) is 52.5 Å². The van der Waals surface area contributed by atoms with E-state index in [-0.39, 0.29) is 0 Å². The molecule has 0 saturated heterocycles. The van der Waals surface area contributed by atoms with Gasteiger partial charge in [0.25, 0.3) is 10.2 Å². The van der Waals surface area contributed by atoms with Gasteiger partial charge in [-0.05, 0) is 47.2 Å². The average Bonchev–Trinajstić information content (AvgIpc) is 2.98. The minimum atomic E-state index is -3.42. The Labute approximate surface area is 172 Å². The third-order valence-corrected chi connectivity index (χ3v) is 6.33. The van der Waals surface area contributed by atoms with E-state index in [9.17, 15) is 8.42 Å². The predicted octanol–water partition coefficient (Wildman–Crippen LogP) is 2.88. The topological polar surface area (TPSA) is 93.2 Å². The minimum absolute atomic E-state index is 0.351. The highest BCUT2D eigenvalue weighted by Gasteiger charge is 2.15. The molecule has 0 fully saturated rings. The van der Waals surface area contributed by atoms with Crippen molar-refractivity contribution in [3.05, 3.63) is 48.3 Å². The van der Waals surface area contributed by atoms with Crippen LogP contribution >= 0.6 is 0 Å². The third kappa shape index (κ3) is 4.95. The molecule has 7 nitrogen and oxygen atoms in total. The van der Waals surface area contributed by atoms with Crippen LogP contribution in [0.25, 0.3) is 22.0 Å². The molecule has 29 heavy (non-hydrogen) atoms. The molecule has 0 aliphatic heterocycles. The number of nitrogens with two attached hydrogens (primary N) is 1. The van der Waals surface area contributed by atoms with Gasteiger partial charge in [-0.3, -0.25) is 0 Å². The van der Waals surface area contributed by atoms with Crippen molar-refractivity contribution in [2.24, 2.45) is 5.92 Å². The molecule has 8 heteroatoms. The van der Waals surface area contributed by atoms with Crippen LogP contribution in [0.4, 0.5) is 5.82 Å². The first kappa shape index (κ1) is 21.3. The van der Waals surface area contributed by atoms with E-state index in [1.165, 1.54) is 18.4 Å². The van der Waals surface area contributed by atoms with Crippen molar-refractivity contribution in [2.45, 2.75) is 26.8 Å². The second kappa shape index (κ2) is 8.52. The molecule has 2 aromatic heterocycles. The normalized spacial score (nSPS) is 12.3. The number of nitrogens with one attached hydrogen (secondary N) is 1. The minimum Gasteiger partial charge on any atom is -0.384 e. The van der Waals surface area contributed by atoms with E-state index in [0.717, 1.165) is 34.1 Å². The summed E-state index contributed by atoms with van der Waals surface area (Å²) in [7, 11) is -0.386. The summed E-state index contributed by atoms with van der Waals surface area (Å²) in [5, 5.41) is 1.14. The highest BCUT2D eigenvalue weighted by atomic mass is 32.2. The van der Waals surface area contributed by atoms with E-state index in [4.69, 9.17) is 5.73 Å². The largest absolute Gasteiger partial charge is 0.384 e. The van der Waals surface area contributed by atoms with Gasteiger partial charge in [0.15, 0.2) is 0 Å². The lowest BCUT2D eigenvalue weighted by atomic mass is 10.0. The lowest BCUT2D eigenvalue weighted by Crippen LogP contribution is -2.36. The van der Waals surface area contributed by atoms with Crippen molar-refractivity contribution < 1.29 is 8.42 Å². The van der Waals surface area contributed by atoms with Gasteiger partial charge in [0.1, 0.15) is 5.82 Å². The number of rotatable bonds is 8. The van der Waals surface area contributed by atoms with E-state index >= 15 is 0 Å². The van der Waals surface area contributed by atoms with Gasteiger partial charge in [-0.2, -0.15) is 12.7 Å². The number of fused-ring (bicyclic) bond motifs is 1. The van der Waals surface area contributed by atoms with Crippen LogP contribution < -0.4 is 10.5 Å². The molecule has 0 radical (unpaired) electrons. The molecule has 0 aliphatic carbocycles. The zero-order valence-electron chi connectivity index (χ0n) is 17.4. The summed E-state index contributed by atoms with van der Waals surface area (Å²) in [6, 6.07) is 10.2. The zero-order chi connectivity index (χ0) is 21.2. The van der Waals surface area contributed by atoms with Gasteiger partial charge in [0.2, 0.25) is 0 Å². The van der Waals surface area contributed by atoms with Gasteiger partial charge in [0, 0.05) is 50.5 Å². The molecular weight excluding hydrogens is 386 g/mol. The highest BCUT2D eigenvalue weighted by molar-refractivity contribution is 7.87. The first-order valence-corrected chi connectivity index (χ1v) is 11.1. The highest BCUT2D eigenvalue weighted by Crippen LogP contribution is 2.29. The molecule has 1 aromatic carbocycles. The van der Waals surface area contributed by atoms with Crippen LogP contribution in [0.1, 0.15) is 19.4 Å². The fourth-order valence-electron chi connectivity index (χ4n) is 3.36. The quantitative estimate of drug-likeness (QED) is 0.592. The lowest BCUT2D eigenvalue weighted by Gasteiger charge is -2.11. The fraction of sp³-hybridized carbons (Fsp3) is 0.381. The van der Waals surface area contributed by atoms with Crippen LogP contribution in [0.15, 0.2) is 42.7 Å². The molecule has 2 heterocycles. The Morgan fingerprint density at radius 3 is 2.55 bits per heavy atom. The second-order valence-corrected chi connectivity index (χ2v) is 9.80. The number of nitrogens with zero attached hydrogens (tertiary/aromatic N) is 3. The summed E-state index contributed by atoms with van der Waals surface area (Å²) in [4.78, 5) is 4.07. The van der Waals surface area contributed by atoms with Gasteiger partial charge in [-0.15, -0.1) is 0 Å². The van der Waals surface area contributed by atoms with Crippen LogP contribution in [0, 0.1) is 5.92 Å². The number of hydrogen-bond donors (Lipinski definition) is 2. The molecule has 3 N–H and O–H groups in total. The number of benzene rings is 1. The van der Waals surface area contributed by atoms with Crippen molar-refractivity contribution in [2.75, 3.05) is 26.4 Å². The van der Waals surface area contributed by atoms with E-state index < -0.39 is 10.2 Å². The molecule has 0 saturated carbocycles. The molecular formula is C21H29N5O2S. The first-order valence-electron chi connectivity index (χ1n) is 9.68. The van der Waals surface area contributed by atoms with Gasteiger partial charge >= 0.3 is 0 Å². The fourth-order valence-corrected chi connectivity index (χ4v) is 3.98. The van der Waals surface area contributed by atoms with E-state index in [1.807, 2.05) is 12.1 Å². The van der Waals surface area contributed by atoms with Crippen LogP contribution in [0.5, 0.6) is 0 Å². The lowest BCUT2D eigenvalue weighted by molar-refractivity contribution is 0.506. The summed E-state index contributed by atoms with van der Waals surface area (Å²) in [5.41, 5.74) is 10.2. The van der Waals surface area contributed by atoms with Crippen molar-refractivity contribution in [3.8, 4) is 11.1 Å². The molecule has 0 aliphatic rings. The maximum atomic E-state index is 12.0. The maximum absolute atomic E-state index is 12.0. The SMILES string of the molecule is CC(C)Cn1cc(CCNS(=O)(=O)N(C)C)c2ccc(-c3ccnc(N)c3)cc21. The second-order valence-electron chi connectivity index (χ2n) is 7.83. The molecule has 0 bridgehead atoms. The molecule has 156 valence electrons. The van der Waals surface area contributed by atoms with Crippen LogP contribution in [-0.4, -0.2) is 42.9 Å². The molecule has 3 rings (SSSR count). The Bertz CT molecular complexity index is 1100. The summed E-state index contributed by atoms with van der Waals surface area (Å²) in [6.45, 7) is 5.61. The Hall–Kier alpha value is -2.42. The molecule has 0 atom stereocenters. The number of hydrogen-bond acceptors (Lipinski definition) is 4. The van der Waals surface area contributed by atoms with Crippen molar-refractivity contribution >= 4 is 26.9 Å². The molecule has 0 amide bonds. The number of nitrogen functional groups attached to an aromatic ring is 1. The standard InChI is InChI=1S/C21H29N5O2S/c1-15(2)13-26-14-18(8-10-24-29(27,28)25(3)4)19-6-5-16(11-20(19)26)17-7-9-23-21(22)12-17/h5-7,9,11-12,14-15,24H,8,10,13H2,1-4H3,(H2,22,23). The summed E-state index contributed by atoms with van der Waals surface area (Å²) < 4.78 is 30.0. The number of anilines is 1. The average molecular weight is 416 g/mol. The maximum Gasteiger partial charge on any atom is 0.278 e. The van der Waals surface area contributed by atoms with Crippen molar-refractivity contribution in [3.63, 3.8) is 0 Å². The Balaban J connectivity index is 1.95. The Morgan fingerprint density at radius 1 is 1.17 bits per heavy atom. The van der Waals surface area contributed by atoms with Crippen molar-refractivity contribution in [1.82, 2.24) is 18.6 Å². The predicted molar refractivity (Wildman–Crippen MR) is 119 cm³/mol. The van der Waals surface area contributed by atoms with Crippen molar-refractivity contribution in [1.29, 1.82) is 0 Å². The smallest absolute Gasteiger partial charge is 0.278 e. The molecule has 0 spiro atoms. The number of aromatic nitrogens is 2. The van der Waals surface area contributed by atoms with Crippen LogP contribution in [0.3, 0.4) is 0 Å². The van der Waals surface area contributed by atoms with Crippen LogP contribution in [-0.2, 0) is 23.2 Å². The van der Waals surface area contributed by atoms with Gasteiger partial charge in [-0.25, -0.2) is 9.71 Å². The van der Waals surface area contributed by atoms with Gasteiger partial charge < -0.3 is 10.3 Å². The molecule has 0 unspecified atom stereocenters. The van der Waals surface area contributed by atoms with E-state index in [1.54, 1.807) is 6.20 Å². The monoisotopic (exact) mass is 415 g/mol. The summed E-state index contributed by atoms with van der Waals surface area (Å²) in [5.74, 6) is 0.986. The Morgan fingerprint density at radius 2 is 1.90 bits per heavy atom.